The summed E-state index contributed by atoms with van der Waals surface area (Å²) in [6, 6.07) is 6.17. The fourth-order valence-electron chi connectivity index (χ4n) is 4.94. The molecule has 230 valence electrons. The smallest absolute Gasteiger partial charge is 0.229 e. The van der Waals surface area contributed by atoms with Crippen LogP contribution < -0.4 is 24.4 Å². The first kappa shape index (κ1) is 30.2. The summed E-state index contributed by atoms with van der Waals surface area (Å²) in [4.78, 5) is 13.7. The van der Waals surface area contributed by atoms with Crippen molar-refractivity contribution in [1.29, 1.82) is 0 Å². The number of methoxy groups -OCH3 is 3. The fourth-order valence-corrected chi connectivity index (χ4v) is 4.94. The number of aliphatic hydroxyl groups is 6. The second-order valence-electron chi connectivity index (χ2n) is 9.80. The van der Waals surface area contributed by atoms with Gasteiger partial charge in [0, 0.05) is 6.07 Å². The van der Waals surface area contributed by atoms with Crippen LogP contribution in [0.15, 0.2) is 33.5 Å². The van der Waals surface area contributed by atoms with Gasteiger partial charge in [-0.25, -0.2) is 0 Å². The Labute approximate surface area is 237 Å². The van der Waals surface area contributed by atoms with Crippen LogP contribution >= 0.6 is 0 Å². The van der Waals surface area contributed by atoms with Gasteiger partial charge in [-0.3, -0.25) is 4.79 Å². The maximum atomic E-state index is 13.7. The molecule has 0 radical (unpaired) electrons. The van der Waals surface area contributed by atoms with Crippen molar-refractivity contribution >= 4 is 21.9 Å². The minimum atomic E-state index is -1.82. The van der Waals surface area contributed by atoms with Crippen molar-refractivity contribution in [1.82, 2.24) is 0 Å². The molecule has 0 aliphatic carbocycles. The molecule has 3 heterocycles. The first-order chi connectivity index (χ1) is 20.1. The summed E-state index contributed by atoms with van der Waals surface area (Å²) in [6.45, 7) is -0.826. The summed E-state index contributed by atoms with van der Waals surface area (Å²) in [5, 5.41) is 61.7. The van der Waals surface area contributed by atoms with Gasteiger partial charge in [0.1, 0.15) is 53.7 Å². The topological polar surface area (TPSA) is 216 Å². The molecule has 9 atom stereocenters. The number of fused-ring (bicyclic) bond motifs is 2. The lowest BCUT2D eigenvalue weighted by Crippen LogP contribution is -2.61. The van der Waals surface area contributed by atoms with Gasteiger partial charge in [-0.15, -0.1) is 0 Å². The number of benzene rings is 2. The van der Waals surface area contributed by atoms with E-state index in [4.69, 9.17) is 37.6 Å². The third-order valence-electron chi connectivity index (χ3n) is 7.25. The number of ether oxygens (including phenoxy) is 7. The Balaban J connectivity index is 1.50. The van der Waals surface area contributed by atoms with E-state index in [1.165, 1.54) is 33.5 Å². The molecule has 15 nitrogen and oxygen atoms in total. The zero-order valence-electron chi connectivity index (χ0n) is 22.8. The van der Waals surface area contributed by atoms with Crippen LogP contribution in [0.5, 0.6) is 23.0 Å². The summed E-state index contributed by atoms with van der Waals surface area (Å²) >= 11 is 0. The highest BCUT2D eigenvalue weighted by Gasteiger charge is 2.47. The van der Waals surface area contributed by atoms with Crippen LogP contribution in [0.25, 0.3) is 21.9 Å². The van der Waals surface area contributed by atoms with Gasteiger partial charge >= 0.3 is 0 Å². The number of rotatable bonds is 8. The van der Waals surface area contributed by atoms with Gasteiger partial charge in [-0.05, 0) is 12.1 Å². The largest absolute Gasteiger partial charge is 0.493 e. The molecule has 0 bridgehead atoms. The first-order valence-corrected chi connectivity index (χ1v) is 12.9. The van der Waals surface area contributed by atoms with Crippen LogP contribution in [0.1, 0.15) is 0 Å². The Morgan fingerprint density at radius 1 is 0.833 bits per heavy atom. The Kier molecular flexibility index (Phi) is 8.75. The van der Waals surface area contributed by atoms with Crippen LogP contribution in [0.2, 0.25) is 0 Å². The SMILES string of the molecule is COc1cc2oc3c(OC)cccc3c(=O)c2c(O[C@@H]2O[C@H](CO[C@@H]3OC[C@@H](O)[C@H](O)[C@H]3O)[C@@H](O)[C@H](O)[C@H]2O)c1OC. The van der Waals surface area contributed by atoms with Crippen LogP contribution in [0.4, 0.5) is 0 Å². The van der Waals surface area contributed by atoms with Crippen LogP contribution in [0, 0.1) is 0 Å². The van der Waals surface area contributed by atoms with Gasteiger partial charge in [0.15, 0.2) is 29.1 Å². The summed E-state index contributed by atoms with van der Waals surface area (Å²) < 4.78 is 44.6. The minimum Gasteiger partial charge on any atom is -0.493 e. The van der Waals surface area contributed by atoms with E-state index < -0.39 is 67.3 Å². The molecule has 2 aliphatic heterocycles. The summed E-state index contributed by atoms with van der Waals surface area (Å²) in [7, 11) is 4.08. The van der Waals surface area contributed by atoms with E-state index in [9.17, 15) is 35.4 Å². The van der Waals surface area contributed by atoms with Crippen molar-refractivity contribution < 1.29 is 68.2 Å². The van der Waals surface area contributed by atoms with Gasteiger partial charge in [-0.1, -0.05) is 6.07 Å². The Bertz CT molecular complexity index is 1470. The highest BCUT2D eigenvalue weighted by atomic mass is 16.7. The van der Waals surface area contributed by atoms with Crippen LogP contribution in [-0.4, -0.2) is 120 Å². The van der Waals surface area contributed by atoms with E-state index in [2.05, 4.69) is 0 Å². The first-order valence-electron chi connectivity index (χ1n) is 12.9. The van der Waals surface area contributed by atoms with E-state index in [-0.39, 0.29) is 45.8 Å². The summed E-state index contributed by atoms with van der Waals surface area (Å²) in [5.41, 5.74) is -0.333. The summed E-state index contributed by atoms with van der Waals surface area (Å²) in [5.74, 6) is 0.131. The predicted octanol–water partition coefficient (Wildman–Crippen LogP) is -1.39. The van der Waals surface area contributed by atoms with Crippen LogP contribution in [-0.2, 0) is 14.2 Å². The molecule has 2 aromatic carbocycles. The fraction of sp³-hybridized carbons (Fsp3) is 0.519. The van der Waals surface area contributed by atoms with E-state index >= 15 is 0 Å². The van der Waals surface area contributed by atoms with Gasteiger partial charge in [0.2, 0.25) is 17.5 Å². The Morgan fingerprint density at radius 3 is 2.24 bits per heavy atom. The van der Waals surface area contributed by atoms with Crippen molar-refractivity contribution in [3.8, 4) is 23.0 Å². The lowest BCUT2D eigenvalue weighted by Gasteiger charge is -2.41. The maximum absolute atomic E-state index is 13.7. The molecule has 2 saturated heterocycles. The quantitative estimate of drug-likeness (QED) is 0.165. The minimum absolute atomic E-state index is 0.0274. The molecule has 5 rings (SSSR count). The number of hydrogen-bond acceptors (Lipinski definition) is 15. The normalized spacial score (nSPS) is 31.7. The van der Waals surface area contributed by atoms with E-state index in [0.29, 0.717) is 5.75 Å². The Hall–Kier alpha value is -3.25. The van der Waals surface area contributed by atoms with E-state index in [1.807, 2.05) is 0 Å². The predicted molar refractivity (Wildman–Crippen MR) is 141 cm³/mol. The van der Waals surface area contributed by atoms with Crippen molar-refractivity contribution in [2.45, 2.75) is 55.3 Å². The second-order valence-corrected chi connectivity index (χ2v) is 9.80. The summed E-state index contributed by atoms with van der Waals surface area (Å²) in [6.07, 6.45) is -14.2. The van der Waals surface area contributed by atoms with Gasteiger partial charge in [0.05, 0.1) is 39.9 Å². The van der Waals surface area contributed by atoms with Crippen molar-refractivity contribution in [2.75, 3.05) is 34.5 Å². The molecule has 3 aromatic rings. The average Bonchev–Trinajstić information content (AvgIpc) is 2.99. The average molecular weight is 597 g/mol. The molecule has 0 saturated carbocycles. The molecule has 2 aliphatic rings. The number of hydrogen-bond donors (Lipinski definition) is 6. The molecule has 0 spiro atoms. The lowest BCUT2D eigenvalue weighted by molar-refractivity contribution is -0.307. The molecule has 42 heavy (non-hydrogen) atoms. The molecule has 1 aromatic heterocycles. The zero-order chi connectivity index (χ0) is 30.3. The van der Waals surface area contributed by atoms with Gasteiger partial charge in [-0.2, -0.15) is 0 Å². The van der Waals surface area contributed by atoms with E-state index in [1.54, 1.807) is 12.1 Å². The van der Waals surface area contributed by atoms with Crippen molar-refractivity contribution in [3.05, 3.63) is 34.5 Å². The third-order valence-corrected chi connectivity index (χ3v) is 7.25. The Morgan fingerprint density at radius 2 is 1.55 bits per heavy atom. The molecule has 0 amide bonds. The molecular formula is C27H32O15. The highest BCUT2D eigenvalue weighted by molar-refractivity contribution is 5.97. The third kappa shape index (κ3) is 5.23. The van der Waals surface area contributed by atoms with Crippen LogP contribution in [0.3, 0.4) is 0 Å². The van der Waals surface area contributed by atoms with E-state index in [0.717, 1.165) is 0 Å². The zero-order valence-corrected chi connectivity index (χ0v) is 22.8. The number of aliphatic hydroxyl groups excluding tert-OH is 6. The lowest BCUT2D eigenvalue weighted by atomic mass is 9.99. The number of para-hydroxylation sites is 1. The van der Waals surface area contributed by atoms with Gasteiger partial charge < -0.3 is 68.2 Å². The molecule has 2 fully saturated rings. The molecule has 15 heteroatoms. The second kappa shape index (κ2) is 12.2. The van der Waals surface area contributed by atoms with Gasteiger partial charge in [0.25, 0.3) is 0 Å². The molecule has 0 unspecified atom stereocenters. The molecular weight excluding hydrogens is 564 g/mol. The standard InChI is InChI=1S/C27H32O15/c1-35-12-6-4-5-10-17(29)16-13(40-23(10)12)7-14(36-2)24(37-3)25(16)42-27-22(34)20(32)19(31)15(41-27)9-39-26-21(33)18(30)11(28)8-38-26/h4-7,11,15,18-22,26-28,30-34H,8-9H2,1-3H3/t11-,15-,18+,19-,20+,21-,22-,26+,27+/m1/s1. The highest BCUT2D eigenvalue weighted by Crippen LogP contribution is 2.45. The van der Waals surface area contributed by atoms with Crippen molar-refractivity contribution in [3.63, 3.8) is 0 Å². The maximum Gasteiger partial charge on any atom is 0.229 e. The molecule has 6 N–H and O–H groups in total. The van der Waals surface area contributed by atoms with Crippen molar-refractivity contribution in [2.24, 2.45) is 0 Å². The monoisotopic (exact) mass is 596 g/mol.